The molecule has 0 saturated carbocycles. The van der Waals surface area contributed by atoms with Crippen LogP contribution in [0.5, 0.6) is 5.75 Å². The van der Waals surface area contributed by atoms with E-state index >= 15 is 0 Å². The van der Waals surface area contributed by atoms with E-state index in [4.69, 9.17) is 23.2 Å². The molecule has 0 atom stereocenters. The molecule has 2 aromatic heterocycles. The number of aromatic amines is 1. The summed E-state index contributed by atoms with van der Waals surface area (Å²) in [6.45, 7) is 0.587. The first kappa shape index (κ1) is 20.2. The van der Waals surface area contributed by atoms with E-state index in [-0.39, 0.29) is 11.3 Å². The van der Waals surface area contributed by atoms with Gasteiger partial charge in [-0.25, -0.2) is 14.4 Å². The highest BCUT2D eigenvalue weighted by atomic mass is 35.5. The van der Waals surface area contributed by atoms with Crippen molar-refractivity contribution in [2.75, 3.05) is 11.9 Å². The Bertz CT molecular complexity index is 1160. The SMILES string of the molecule is Oc1ccc(F)cc1-c1cc(-c2c(Cl)cccc2Cl)cc(NCCc2cnc[nH]2)n1. The minimum atomic E-state index is -0.473. The number of imidazole rings is 1. The summed E-state index contributed by atoms with van der Waals surface area (Å²) in [6, 6.07) is 12.5. The molecule has 0 radical (unpaired) electrons. The van der Waals surface area contributed by atoms with Crippen molar-refractivity contribution in [3.05, 3.63) is 82.6 Å². The fraction of sp³-hybridized carbons (Fsp3) is 0.0909. The van der Waals surface area contributed by atoms with Gasteiger partial charge in [-0.15, -0.1) is 0 Å². The van der Waals surface area contributed by atoms with Crippen molar-refractivity contribution in [3.63, 3.8) is 0 Å². The Labute approximate surface area is 182 Å². The van der Waals surface area contributed by atoms with E-state index in [0.717, 1.165) is 5.69 Å². The molecule has 2 heterocycles. The van der Waals surface area contributed by atoms with Gasteiger partial charge >= 0.3 is 0 Å². The summed E-state index contributed by atoms with van der Waals surface area (Å²) in [4.78, 5) is 11.6. The van der Waals surface area contributed by atoms with Crippen LogP contribution in [0, 0.1) is 5.82 Å². The van der Waals surface area contributed by atoms with Crippen LogP contribution < -0.4 is 5.32 Å². The maximum absolute atomic E-state index is 13.8. The molecule has 0 aliphatic rings. The Morgan fingerprint density at radius 3 is 2.60 bits per heavy atom. The Kier molecular flexibility index (Phi) is 5.88. The van der Waals surface area contributed by atoms with Crippen molar-refractivity contribution in [1.82, 2.24) is 15.0 Å². The lowest BCUT2D eigenvalue weighted by Crippen LogP contribution is -2.07. The first-order valence-electron chi connectivity index (χ1n) is 9.18. The molecule has 4 aromatic rings. The fourth-order valence-electron chi connectivity index (χ4n) is 3.14. The number of nitrogens with zero attached hydrogens (tertiary/aromatic N) is 2. The summed E-state index contributed by atoms with van der Waals surface area (Å²) in [5, 5.41) is 14.5. The van der Waals surface area contributed by atoms with Crippen LogP contribution in [0.15, 0.2) is 61.1 Å². The second-order valence-electron chi connectivity index (χ2n) is 6.64. The Hall–Kier alpha value is -3.09. The lowest BCUT2D eigenvalue weighted by atomic mass is 10.0. The lowest BCUT2D eigenvalue weighted by Gasteiger charge is -2.14. The zero-order valence-electron chi connectivity index (χ0n) is 15.7. The van der Waals surface area contributed by atoms with Crippen molar-refractivity contribution in [2.24, 2.45) is 0 Å². The van der Waals surface area contributed by atoms with E-state index in [1.54, 1.807) is 36.8 Å². The third kappa shape index (κ3) is 4.40. The smallest absolute Gasteiger partial charge is 0.127 e. The first-order chi connectivity index (χ1) is 14.5. The number of anilines is 1. The van der Waals surface area contributed by atoms with E-state index in [0.29, 0.717) is 45.6 Å². The number of H-pyrrole nitrogens is 1. The molecule has 30 heavy (non-hydrogen) atoms. The van der Waals surface area contributed by atoms with E-state index < -0.39 is 5.82 Å². The number of halogens is 3. The van der Waals surface area contributed by atoms with E-state index in [1.165, 1.54) is 18.2 Å². The maximum Gasteiger partial charge on any atom is 0.127 e. The van der Waals surface area contributed by atoms with E-state index in [2.05, 4.69) is 20.3 Å². The van der Waals surface area contributed by atoms with Crippen LogP contribution in [0.25, 0.3) is 22.4 Å². The molecular formula is C22H17Cl2FN4O. The summed E-state index contributed by atoms with van der Waals surface area (Å²) in [5.41, 5.74) is 2.98. The van der Waals surface area contributed by atoms with Gasteiger partial charge in [-0.05, 0) is 48.0 Å². The highest BCUT2D eigenvalue weighted by molar-refractivity contribution is 6.39. The second-order valence-corrected chi connectivity index (χ2v) is 7.45. The van der Waals surface area contributed by atoms with Crippen molar-refractivity contribution in [3.8, 4) is 28.1 Å². The summed E-state index contributed by atoms with van der Waals surface area (Å²) in [5.74, 6) is -0.00379. The molecule has 0 spiro atoms. The molecule has 4 rings (SSSR count). The van der Waals surface area contributed by atoms with Gasteiger partial charge in [0.05, 0.1) is 12.0 Å². The number of hydrogen-bond acceptors (Lipinski definition) is 4. The van der Waals surface area contributed by atoms with Gasteiger partial charge in [-0.3, -0.25) is 0 Å². The van der Waals surface area contributed by atoms with E-state index in [9.17, 15) is 9.50 Å². The number of nitrogens with one attached hydrogen (secondary N) is 2. The van der Waals surface area contributed by atoms with Gasteiger partial charge in [0.1, 0.15) is 17.4 Å². The molecule has 5 nitrogen and oxygen atoms in total. The normalized spacial score (nSPS) is 10.9. The minimum Gasteiger partial charge on any atom is -0.507 e. The summed E-state index contributed by atoms with van der Waals surface area (Å²) < 4.78 is 13.8. The monoisotopic (exact) mass is 442 g/mol. The standard InChI is InChI=1S/C22H17Cl2FN4O/c23-17-2-1-3-18(24)22(17)13-8-19(16-10-14(25)4-5-20(16)30)29-21(9-13)27-7-6-15-11-26-12-28-15/h1-5,8-12,30H,6-7H2,(H,26,28)(H,27,29). The summed E-state index contributed by atoms with van der Waals surface area (Å²) in [7, 11) is 0. The molecule has 152 valence electrons. The van der Waals surface area contributed by atoms with Gasteiger partial charge in [-0.2, -0.15) is 0 Å². The van der Waals surface area contributed by atoms with Crippen molar-refractivity contribution in [2.45, 2.75) is 6.42 Å². The van der Waals surface area contributed by atoms with Crippen molar-refractivity contribution in [1.29, 1.82) is 0 Å². The largest absolute Gasteiger partial charge is 0.507 e. The predicted octanol–water partition coefficient (Wildman–Crippen LogP) is 5.94. The summed E-state index contributed by atoms with van der Waals surface area (Å²) in [6.07, 6.45) is 4.09. The van der Waals surface area contributed by atoms with Crippen LogP contribution in [0.2, 0.25) is 10.0 Å². The molecule has 8 heteroatoms. The molecule has 0 saturated heterocycles. The predicted molar refractivity (Wildman–Crippen MR) is 118 cm³/mol. The highest BCUT2D eigenvalue weighted by Crippen LogP contribution is 2.38. The molecule has 0 aliphatic carbocycles. The topological polar surface area (TPSA) is 73.8 Å². The van der Waals surface area contributed by atoms with Crippen LogP contribution in [-0.4, -0.2) is 26.6 Å². The zero-order valence-corrected chi connectivity index (χ0v) is 17.2. The van der Waals surface area contributed by atoms with E-state index in [1.807, 2.05) is 6.07 Å². The number of aromatic hydroxyl groups is 1. The van der Waals surface area contributed by atoms with Crippen molar-refractivity contribution >= 4 is 29.0 Å². The molecule has 0 bridgehead atoms. The third-order valence-electron chi connectivity index (χ3n) is 4.57. The molecule has 0 aliphatic heterocycles. The van der Waals surface area contributed by atoms with Gasteiger partial charge < -0.3 is 15.4 Å². The van der Waals surface area contributed by atoms with Gasteiger partial charge in [0.15, 0.2) is 0 Å². The highest BCUT2D eigenvalue weighted by Gasteiger charge is 2.15. The molecule has 2 aromatic carbocycles. The van der Waals surface area contributed by atoms with Crippen LogP contribution in [0.4, 0.5) is 10.2 Å². The Morgan fingerprint density at radius 1 is 1.07 bits per heavy atom. The summed E-state index contributed by atoms with van der Waals surface area (Å²) >= 11 is 12.8. The van der Waals surface area contributed by atoms with Crippen LogP contribution in [-0.2, 0) is 6.42 Å². The average molecular weight is 443 g/mol. The molecule has 0 amide bonds. The molecule has 0 fully saturated rings. The minimum absolute atomic E-state index is 0.0743. The number of rotatable bonds is 6. The van der Waals surface area contributed by atoms with Crippen molar-refractivity contribution < 1.29 is 9.50 Å². The molecular weight excluding hydrogens is 426 g/mol. The number of phenolic OH excluding ortho intramolecular Hbond substituents is 1. The van der Waals surface area contributed by atoms with Gasteiger partial charge in [0.2, 0.25) is 0 Å². The van der Waals surface area contributed by atoms with Crippen LogP contribution in [0.3, 0.4) is 0 Å². The zero-order chi connectivity index (χ0) is 21.1. The fourth-order valence-corrected chi connectivity index (χ4v) is 3.75. The second kappa shape index (κ2) is 8.73. The molecule has 0 unspecified atom stereocenters. The maximum atomic E-state index is 13.8. The average Bonchev–Trinajstić information content (AvgIpc) is 3.23. The lowest BCUT2D eigenvalue weighted by molar-refractivity contribution is 0.475. The molecule has 3 N–H and O–H groups in total. The third-order valence-corrected chi connectivity index (χ3v) is 5.20. The Balaban J connectivity index is 1.76. The number of phenols is 1. The first-order valence-corrected chi connectivity index (χ1v) is 9.93. The number of hydrogen-bond donors (Lipinski definition) is 3. The van der Waals surface area contributed by atoms with Crippen LogP contribution >= 0.6 is 23.2 Å². The van der Waals surface area contributed by atoms with Gasteiger partial charge in [0, 0.05) is 46.0 Å². The van der Waals surface area contributed by atoms with Gasteiger partial charge in [-0.1, -0.05) is 29.3 Å². The Morgan fingerprint density at radius 2 is 1.87 bits per heavy atom. The number of benzene rings is 2. The number of aromatic nitrogens is 3. The number of pyridine rings is 1. The quantitative estimate of drug-likeness (QED) is 0.345. The van der Waals surface area contributed by atoms with Crippen LogP contribution in [0.1, 0.15) is 5.69 Å². The van der Waals surface area contributed by atoms with Gasteiger partial charge in [0.25, 0.3) is 0 Å².